The predicted molar refractivity (Wildman–Crippen MR) is 96.5 cm³/mol. The Kier molecular flexibility index (Phi) is 4.07. The summed E-state index contributed by atoms with van der Waals surface area (Å²) < 4.78 is 5.54. The molecule has 1 amide bonds. The van der Waals surface area contributed by atoms with Crippen LogP contribution in [0.25, 0.3) is 0 Å². The molecule has 2 aromatic carbocycles. The Morgan fingerprint density at radius 1 is 1.00 bits per heavy atom. The van der Waals surface area contributed by atoms with Gasteiger partial charge in [-0.1, -0.05) is 54.6 Å². The van der Waals surface area contributed by atoms with Crippen molar-refractivity contribution in [3.05, 3.63) is 88.1 Å². The standard InChI is InChI=1S/C20H15NO3S/c22-19-18(24-20(23)17-11-6-12-25-17)15-9-4-5-10-16(15)21(19)13-14-7-2-1-3-8-14/h1-12,18H,13H2. The van der Waals surface area contributed by atoms with Gasteiger partial charge in [0.05, 0.1) is 12.2 Å². The number of hydrogen-bond acceptors (Lipinski definition) is 4. The highest BCUT2D eigenvalue weighted by Crippen LogP contribution is 2.39. The van der Waals surface area contributed by atoms with Crippen LogP contribution >= 0.6 is 11.3 Å². The topological polar surface area (TPSA) is 46.6 Å². The number of carbonyl (C=O) groups excluding carboxylic acids is 2. The van der Waals surface area contributed by atoms with E-state index in [2.05, 4.69) is 0 Å². The van der Waals surface area contributed by atoms with E-state index in [9.17, 15) is 9.59 Å². The van der Waals surface area contributed by atoms with Crippen LogP contribution in [0, 0.1) is 0 Å². The van der Waals surface area contributed by atoms with Crippen molar-refractivity contribution < 1.29 is 14.3 Å². The van der Waals surface area contributed by atoms with E-state index in [4.69, 9.17) is 4.74 Å². The van der Waals surface area contributed by atoms with Crippen LogP contribution in [0.4, 0.5) is 5.69 Å². The van der Waals surface area contributed by atoms with Gasteiger partial charge in [0, 0.05) is 5.56 Å². The van der Waals surface area contributed by atoms with E-state index < -0.39 is 12.1 Å². The summed E-state index contributed by atoms with van der Waals surface area (Å²) in [6, 6.07) is 20.7. The first-order valence-electron chi connectivity index (χ1n) is 7.93. The minimum absolute atomic E-state index is 0.213. The average molecular weight is 349 g/mol. The van der Waals surface area contributed by atoms with Crippen molar-refractivity contribution >= 4 is 28.9 Å². The second kappa shape index (κ2) is 6.53. The number of amides is 1. The van der Waals surface area contributed by atoms with Gasteiger partial charge in [0.2, 0.25) is 6.10 Å². The Hall–Kier alpha value is -2.92. The Labute approximate surface area is 149 Å². The van der Waals surface area contributed by atoms with Gasteiger partial charge in [-0.25, -0.2) is 4.79 Å². The van der Waals surface area contributed by atoms with Gasteiger partial charge in [0.1, 0.15) is 4.88 Å². The molecule has 1 atom stereocenters. The van der Waals surface area contributed by atoms with Crippen molar-refractivity contribution in [1.82, 2.24) is 0 Å². The number of carbonyl (C=O) groups is 2. The van der Waals surface area contributed by atoms with Crippen LogP contribution in [-0.4, -0.2) is 11.9 Å². The van der Waals surface area contributed by atoms with E-state index in [0.717, 1.165) is 16.8 Å². The molecule has 1 aliphatic heterocycles. The highest BCUT2D eigenvalue weighted by molar-refractivity contribution is 7.11. The number of fused-ring (bicyclic) bond motifs is 1. The van der Waals surface area contributed by atoms with Crippen LogP contribution in [0.5, 0.6) is 0 Å². The van der Waals surface area contributed by atoms with E-state index in [1.165, 1.54) is 11.3 Å². The van der Waals surface area contributed by atoms with Crippen molar-refractivity contribution in [3.63, 3.8) is 0 Å². The number of nitrogens with zero attached hydrogens (tertiary/aromatic N) is 1. The quantitative estimate of drug-likeness (QED) is 0.664. The SMILES string of the molecule is O=C(OC1C(=O)N(Cc2ccccc2)c2ccccc21)c1cccs1. The average Bonchev–Trinajstić information content (AvgIpc) is 3.26. The molecule has 4 rings (SSSR count). The van der Waals surface area contributed by atoms with Gasteiger partial charge in [0.15, 0.2) is 0 Å². The molecule has 1 aliphatic rings. The van der Waals surface area contributed by atoms with Crippen LogP contribution < -0.4 is 4.90 Å². The van der Waals surface area contributed by atoms with Crippen LogP contribution in [-0.2, 0) is 16.1 Å². The summed E-state index contributed by atoms with van der Waals surface area (Å²) in [7, 11) is 0. The van der Waals surface area contributed by atoms with Gasteiger partial charge >= 0.3 is 5.97 Å². The minimum Gasteiger partial charge on any atom is -0.443 e. The summed E-state index contributed by atoms with van der Waals surface area (Å²) in [5, 5.41) is 1.81. The summed E-state index contributed by atoms with van der Waals surface area (Å²) in [5.41, 5.74) is 2.55. The lowest BCUT2D eigenvalue weighted by Gasteiger charge is -2.18. The van der Waals surface area contributed by atoms with Gasteiger partial charge in [-0.05, 0) is 23.1 Å². The molecule has 25 heavy (non-hydrogen) atoms. The van der Waals surface area contributed by atoms with E-state index in [1.54, 1.807) is 17.0 Å². The number of esters is 1. The van der Waals surface area contributed by atoms with Crippen molar-refractivity contribution in [1.29, 1.82) is 0 Å². The molecule has 0 N–H and O–H groups in total. The largest absolute Gasteiger partial charge is 0.443 e. The van der Waals surface area contributed by atoms with E-state index in [0.29, 0.717) is 11.4 Å². The zero-order valence-corrected chi connectivity index (χ0v) is 14.1. The molecular formula is C20H15NO3S. The molecule has 2 heterocycles. The Morgan fingerprint density at radius 3 is 2.52 bits per heavy atom. The second-order valence-electron chi connectivity index (χ2n) is 5.73. The second-order valence-corrected chi connectivity index (χ2v) is 6.68. The zero-order chi connectivity index (χ0) is 17.2. The molecule has 0 saturated heterocycles. The Bertz CT molecular complexity index is 906. The number of benzene rings is 2. The summed E-state index contributed by atoms with van der Waals surface area (Å²) in [5.74, 6) is -0.681. The van der Waals surface area contributed by atoms with E-state index in [-0.39, 0.29) is 5.91 Å². The minimum atomic E-state index is -0.894. The molecule has 4 nitrogen and oxygen atoms in total. The molecule has 0 saturated carbocycles. The first-order valence-corrected chi connectivity index (χ1v) is 8.81. The molecule has 3 aromatic rings. The summed E-state index contributed by atoms with van der Waals surface area (Å²) in [4.78, 5) is 27.4. The third kappa shape index (κ3) is 2.94. The van der Waals surface area contributed by atoms with Gasteiger partial charge in [-0.3, -0.25) is 4.79 Å². The fraction of sp³-hybridized carbons (Fsp3) is 0.100. The van der Waals surface area contributed by atoms with Gasteiger partial charge in [-0.15, -0.1) is 11.3 Å². The number of anilines is 1. The number of thiophene rings is 1. The maximum Gasteiger partial charge on any atom is 0.349 e. The molecule has 0 fully saturated rings. The fourth-order valence-corrected chi connectivity index (χ4v) is 3.56. The lowest BCUT2D eigenvalue weighted by molar-refractivity contribution is -0.126. The molecule has 124 valence electrons. The van der Waals surface area contributed by atoms with Crippen LogP contribution in [0.1, 0.15) is 26.9 Å². The van der Waals surface area contributed by atoms with Crippen molar-refractivity contribution in [2.75, 3.05) is 4.90 Å². The predicted octanol–water partition coefficient (Wildman–Crippen LogP) is 4.19. The Balaban J connectivity index is 1.63. The van der Waals surface area contributed by atoms with Gasteiger partial charge < -0.3 is 9.64 Å². The number of ether oxygens (including phenoxy) is 1. The van der Waals surface area contributed by atoms with Crippen LogP contribution in [0.2, 0.25) is 0 Å². The smallest absolute Gasteiger partial charge is 0.349 e. The normalized spacial score (nSPS) is 15.9. The molecule has 1 unspecified atom stereocenters. The van der Waals surface area contributed by atoms with Gasteiger partial charge in [-0.2, -0.15) is 0 Å². The number of para-hydroxylation sites is 1. The molecule has 0 bridgehead atoms. The van der Waals surface area contributed by atoms with Crippen LogP contribution in [0.3, 0.4) is 0 Å². The summed E-state index contributed by atoms with van der Waals surface area (Å²) >= 11 is 1.30. The molecule has 0 aliphatic carbocycles. The van der Waals surface area contributed by atoms with Crippen LogP contribution in [0.15, 0.2) is 72.1 Å². The third-order valence-electron chi connectivity index (χ3n) is 4.13. The number of hydrogen-bond donors (Lipinski definition) is 0. The molecular weight excluding hydrogens is 334 g/mol. The molecule has 0 radical (unpaired) electrons. The fourth-order valence-electron chi connectivity index (χ4n) is 2.95. The Morgan fingerprint density at radius 2 is 1.76 bits per heavy atom. The lowest BCUT2D eigenvalue weighted by Crippen LogP contribution is -2.30. The van der Waals surface area contributed by atoms with Crippen molar-refractivity contribution in [2.24, 2.45) is 0 Å². The lowest BCUT2D eigenvalue weighted by atomic mass is 10.1. The van der Waals surface area contributed by atoms with Crippen molar-refractivity contribution in [2.45, 2.75) is 12.6 Å². The first-order chi connectivity index (χ1) is 12.2. The third-order valence-corrected chi connectivity index (χ3v) is 4.98. The molecule has 5 heteroatoms. The van der Waals surface area contributed by atoms with Crippen molar-refractivity contribution in [3.8, 4) is 0 Å². The maximum absolute atomic E-state index is 12.9. The monoisotopic (exact) mass is 349 g/mol. The molecule has 0 spiro atoms. The summed E-state index contributed by atoms with van der Waals surface area (Å²) in [6.45, 7) is 0.448. The summed E-state index contributed by atoms with van der Waals surface area (Å²) in [6.07, 6.45) is -0.894. The highest BCUT2D eigenvalue weighted by Gasteiger charge is 2.40. The van der Waals surface area contributed by atoms with E-state index >= 15 is 0 Å². The number of rotatable bonds is 4. The zero-order valence-electron chi connectivity index (χ0n) is 13.3. The van der Waals surface area contributed by atoms with E-state index in [1.807, 2.05) is 60.0 Å². The van der Waals surface area contributed by atoms with Gasteiger partial charge in [0.25, 0.3) is 5.91 Å². The highest BCUT2D eigenvalue weighted by atomic mass is 32.1. The molecule has 1 aromatic heterocycles. The maximum atomic E-state index is 12.9. The first kappa shape index (κ1) is 15.6.